The standard InChI is InChI=1S/C19H18ClNO4/c1-25-17-9-13(7-8-16(17)20)18(22)21-10-14(15(11-21)19(23)24)12-5-3-2-4-6-12/h2-9,14-15H,10-11H2,1H3,(H,23,24). The quantitative estimate of drug-likeness (QED) is 0.909. The maximum Gasteiger partial charge on any atom is 0.308 e. The molecule has 0 aromatic heterocycles. The second-order valence-electron chi connectivity index (χ2n) is 6.02. The average Bonchev–Trinajstić information content (AvgIpc) is 3.08. The van der Waals surface area contributed by atoms with Crippen LogP contribution in [0.3, 0.4) is 0 Å². The summed E-state index contributed by atoms with van der Waals surface area (Å²) in [5, 5.41) is 9.98. The van der Waals surface area contributed by atoms with Crippen LogP contribution in [-0.4, -0.2) is 42.1 Å². The van der Waals surface area contributed by atoms with Crippen molar-refractivity contribution in [2.75, 3.05) is 20.2 Å². The van der Waals surface area contributed by atoms with E-state index in [9.17, 15) is 14.7 Å². The van der Waals surface area contributed by atoms with Gasteiger partial charge in [0, 0.05) is 24.6 Å². The molecule has 3 rings (SSSR count). The topological polar surface area (TPSA) is 66.8 Å². The first-order valence-electron chi connectivity index (χ1n) is 7.92. The monoisotopic (exact) mass is 359 g/mol. The lowest BCUT2D eigenvalue weighted by molar-refractivity contribution is -0.141. The Morgan fingerprint density at radius 3 is 2.52 bits per heavy atom. The van der Waals surface area contributed by atoms with E-state index in [2.05, 4.69) is 0 Å². The van der Waals surface area contributed by atoms with Gasteiger partial charge in [0.1, 0.15) is 5.75 Å². The van der Waals surface area contributed by atoms with E-state index in [4.69, 9.17) is 16.3 Å². The molecule has 6 heteroatoms. The number of nitrogens with zero attached hydrogens (tertiary/aromatic N) is 1. The molecule has 1 fully saturated rings. The number of benzene rings is 2. The van der Waals surface area contributed by atoms with Gasteiger partial charge in [0.25, 0.3) is 5.91 Å². The first-order valence-corrected chi connectivity index (χ1v) is 8.29. The fraction of sp³-hybridized carbons (Fsp3) is 0.263. The number of carbonyl (C=O) groups excluding carboxylic acids is 1. The number of hydrogen-bond acceptors (Lipinski definition) is 3. The molecule has 2 aromatic carbocycles. The number of carbonyl (C=O) groups is 2. The molecule has 1 saturated heterocycles. The van der Waals surface area contributed by atoms with E-state index in [1.165, 1.54) is 7.11 Å². The van der Waals surface area contributed by atoms with Gasteiger partial charge in [-0.1, -0.05) is 41.9 Å². The van der Waals surface area contributed by atoms with Gasteiger partial charge in [-0.25, -0.2) is 0 Å². The summed E-state index contributed by atoms with van der Waals surface area (Å²) in [5.74, 6) is -1.55. The average molecular weight is 360 g/mol. The summed E-state index contributed by atoms with van der Waals surface area (Å²) in [7, 11) is 1.48. The van der Waals surface area contributed by atoms with Crippen molar-refractivity contribution in [3.8, 4) is 5.75 Å². The number of likely N-dealkylation sites (tertiary alicyclic amines) is 1. The Morgan fingerprint density at radius 2 is 1.88 bits per heavy atom. The molecular formula is C19H18ClNO4. The van der Waals surface area contributed by atoms with Gasteiger partial charge < -0.3 is 14.7 Å². The number of ether oxygens (including phenoxy) is 1. The maximum atomic E-state index is 12.8. The first-order chi connectivity index (χ1) is 12.0. The number of halogens is 1. The number of carboxylic acids is 1. The summed E-state index contributed by atoms with van der Waals surface area (Å²) in [5.41, 5.74) is 1.36. The largest absolute Gasteiger partial charge is 0.495 e. The Kier molecular flexibility index (Phi) is 4.95. The third kappa shape index (κ3) is 3.46. The lowest BCUT2D eigenvalue weighted by Gasteiger charge is -2.17. The summed E-state index contributed by atoms with van der Waals surface area (Å²) >= 11 is 6.00. The Balaban J connectivity index is 1.86. The van der Waals surface area contributed by atoms with Crippen LogP contribution in [0.1, 0.15) is 21.8 Å². The third-order valence-corrected chi connectivity index (χ3v) is 4.86. The van der Waals surface area contributed by atoms with Gasteiger partial charge in [-0.2, -0.15) is 0 Å². The molecule has 5 nitrogen and oxygen atoms in total. The third-order valence-electron chi connectivity index (χ3n) is 4.55. The van der Waals surface area contributed by atoms with Gasteiger partial charge in [0.2, 0.25) is 0 Å². The molecule has 1 N–H and O–H groups in total. The van der Waals surface area contributed by atoms with Gasteiger partial charge in [0.15, 0.2) is 0 Å². The van der Waals surface area contributed by atoms with Gasteiger partial charge in [-0.05, 0) is 23.8 Å². The number of hydrogen-bond donors (Lipinski definition) is 1. The van der Waals surface area contributed by atoms with E-state index < -0.39 is 11.9 Å². The number of rotatable bonds is 4. The second-order valence-corrected chi connectivity index (χ2v) is 6.43. The molecule has 0 radical (unpaired) electrons. The minimum Gasteiger partial charge on any atom is -0.495 e. The summed E-state index contributed by atoms with van der Waals surface area (Å²) in [6, 6.07) is 14.3. The number of amides is 1. The zero-order chi connectivity index (χ0) is 18.0. The van der Waals surface area contributed by atoms with Crippen LogP contribution in [0, 0.1) is 5.92 Å². The van der Waals surface area contributed by atoms with Crippen LogP contribution < -0.4 is 4.74 Å². The van der Waals surface area contributed by atoms with E-state index in [-0.39, 0.29) is 18.4 Å². The molecule has 0 spiro atoms. The van der Waals surface area contributed by atoms with E-state index in [1.54, 1.807) is 23.1 Å². The van der Waals surface area contributed by atoms with Crippen LogP contribution in [-0.2, 0) is 4.79 Å². The molecule has 2 aromatic rings. The Hall–Kier alpha value is -2.53. The van der Waals surface area contributed by atoms with Crippen LogP contribution in [0.15, 0.2) is 48.5 Å². The SMILES string of the molecule is COc1cc(C(=O)N2CC(C(=O)O)C(c3ccccc3)C2)ccc1Cl. The van der Waals surface area contributed by atoms with E-state index >= 15 is 0 Å². The molecule has 1 aliphatic heterocycles. The number of methoxy groups -OCH3 is 1. The van der Waals surface area contributed by atoms with Crippen molar-refractivity contribution in [3.63, 3.8) is 0 Å². The van der Waals surface area contributed by atoms with Crippen molar-refractivity contribution in [1.82, 2.24) is 4.90 Å². The van der Waals surface area contributed by atoms with Crippen LogP contribution in [0.2, 0.25) is 5.02 Å². The van der Waals surface area contributed by atoms with Gasteiger partial charge >= 0.3 is 5.97 Å². The van der Waals surface area contributed by atoms with Crippen LogP contribution in [0.25, 0.3) is 0 Å². The normalized spacial score (nSPS) is 19.7. The highest BCUT2D eigenvalue weighted by Crippen LogP contribution is 2.34. The van der Waals surface area contributed by atoms with Crippen LogP contribution >= 0.6 is 11.6 Å². The second kappa shape index (κ2) is 7.15. The Labute approximate surface area is 150 Å². The van der Waals surface area contributed by atoms with Gasteiger partial charge in [-0.3, -0.25) is 9.59 Å². The molecule has 1 amide bonds. The fourth-order valence-corrected chi connectivity index (χ4v) is 3.43. The predicted octanol–water partition coefficient (Wildman–Crippen LogP) is 3.29. The fourth-order valence-electron chi connectivity index (χ4n) is 3.23. The number of carboxylic acid groups (broad SMARTS) is 1. The molecule has 1 aliphatic rings. The summed E-state index contributed by atoms with van der Waals surface area (Å²) in [6.07, 6.45) is 0. The molecule has 130 valence electrons. The summed E-state index contributed by atoms with van der Waals surface area (Å²) < 4.78 is 5.15. The number of aliphatic carboxylic acids is 1. The van der Waals surface area contributed by atoms with Crippen molar-refractivity contribution in [2.24, 2.45) is 5.92 Å². The van der Waals surface area contributed by atoms with E-state index in [0.717, 1.165) is 5.56 Å². The van der Waals surface area contributed by atoms with Gasteiger partial charge in [0.05, 0.1) is 18.1 Å². The van der Waals surface area contributed by atoms with Crippen LogP contribution in [0.4, 0.5) is 0 Å². The Bertz CT molecular complexity index is 793. The maximum absolute atomic E-state index is 12.8. The lowest BCUT2D eigenvalue weighted by atomic mass is 9.89. The molecule has 2 atom stereocenters. The highest BCUT2D eigenvalue weighted by molar-refractivity contribution is 6.32. The Morgan fingerprint density at radius 1 is 1.16 bits per heavy atom. The smallest absolute Gasteiger partial charge is 0.308 e. The molecule has 2 unspecified atom stereocenters. The highest BCUT2D eigenvalue weighted by atomic mass is 35.5. The van der Waals surface area contributed by atoms with E-state index in [0.29, 0.717) is 22.9 Å². The summed E-state index contributed by atoms with van der Waals surface area (Å²) in [6.45, 7) is 0.545. The minimum atomic E-state index is -0.891. The minimum absolute atomic E-state index is 0.179. The molecule has 0 saturated carbocycles. The van der Waals surface area contributed by atoms with Crippen molar-refractivity contribution in [2.45, 2.75) is 5.92 Å². The van der Waals surface area contributed by atoms with Gasteiger partial charge in [-0.15, -0.1) is 0 Å². The first kappa shape index (κ1) is 17.3. The van der Waals surface area contributed by atoms with Crippen LogP contribution in [0.5, 0.6) is 5.75 Å². The zero-order valence-corrected chi connectivity index (χ0v) is 14.4. The summed E-state index contributed by atoms with van der Waals surface area (Å²) in [4.78, 5) is 26.0. The van der Waals surface area contributed by atoms with Crippen molar-refractivity contribution in [3.05, 3.63) is 64.7 Å². The van der Waals surface area contributed by atoms with E-state index in [1.807, 2.05) is 30.3 Å². The molecule has 1 heterocycles. The molecule has 0 aliphatic carbocycles. The predicted molar refractivity (Wildman–Crippen MR) is 94.2 cm³/mol. The molecule has 25 heavy (non-hydrogen) atoms. The lowest BCUT2D eigenvalue weighted by Crippen LogP contribution is -2.29. The molecule has 0 bridgehead atoms. The molecular weight excluding hydrogens is 342 g/mol. The van der Waals surface area contributed by atoms with Crippen molar-refractivity contribution >= 4 is 23.5 Å². The highest BCUT2D eigenvalue weighted by Gasteiger charge is 2.40. The van der Waals surface area contributed by atoms with Crippen molar-refractivity contribution < 1.29 is 19.4 Å². The van der Waals surface area contributed by atoms with Crippen molar-refractivity contribution in [1.29, 1.82) is 0 Å². The zero-order valence-electron chi connectivity index (χ0n) is 13.7.